The molecule has 0 atom stereocenters. The molecule has 0 saturated heterocycles. The Labute approximate surface area is 118 Å². The lowest BCUT2D eigenvalue weighted by molar-refractivity contribution is -0.275. The summed E-state index contributed by atoms with van der Waals surface area (Å²) in [6.45, 7) is 0. The van der Waals surface area contributed by atoms with Crippen molar-refractivity contribution in [2.24, 2.45) is 0 Å². The van der Waals surface area contributed by atoms with Crippen LogP contribution >= 0.6 is 0 Å². The Kier molecular flexibility index (Phi) is 4.11. The third kappa shape index (κ3) is 3.95. The summed E-state index contributed by atoms with van der Waals surface area (Å²) in [4.78, 5) is 0. The van der Waals surface area contributed by atoms with Crippen molar-refractivity contribution in [2.75, 3.05) is 7.11 Å². The van der Waals surface area contributed by atoms with E-state index in [1.165, 1.54) is 31.4 Å². The highest BCUT2D eigenvalue weighted by Gasteiger charge is 2.34. The first kappa shape index (κ1) is 14.8. The van der Waals surface area contributed by atoms with Crippen LogP contribution in [0.1, 0.15) is 0 Å². The topological polar surface area (TPSA) is 47.6 Å². The van der Waals surface area contributed by atoms with E-state index in [-0.39, 0.29) is 11.5 Å². The van der Waals surface area contributed by atoms with Gasteiger partial charge in [-0.1, -0.05) is 12.1 Å². The van der Waals surface area contributed by atoms with E-state index in [1.807, 2.05) is 0 Å². The molecule has 0 bridgehead atoms. The fourth-order valence-corrected chi connectivity index (χ4v) is 1.58. The second kappa shape index (κ2) is 5.82. The van der Waals surface area contributed by atoms with Crippen LogP contribution in [0.5, 0.6) is 28.7 Å². The number of hydrogen-bond donors (Lipinski definition) is 0. The van der Waals surface area contributed by atoms with Gasteiger partial charge < -0.3 is 14.2 Å². The van der Waals surface area contributed by atoms with Gasteiger partial charge in [-0.3, -0.25) is 5.11 Å². The van der Waals surface area contributed by atoms with Crippen molar-refractivity contribution >= 4 is 0 Å². The number of benzene rings is 2. The summed E-state index contributed by atoms with van der Waals surface area (Å²) < 4.78 is 50.9. The predicted molar refractivity (Wildman–Crippen MR) is 66.3 cm³/mol. The summed E-state index contributed by atoms with van der Waals surface area (Å²) in [6, 6.07) is 9.66. The molecule has 0 amide bonds. The first-order chi connectivity index (χ1) is 9.89. The fraction of sp³-hybridized carbons (Fsp3) is 0.143. The van der Waals surface area contributed by atoms with Crippen molar-refractivity contribution in [1.82, 2.24) is 0 Å². The molecule has 7 heteroatoms. The van der Waals surface area contributed by atoms with E-state index in [0.29, 0.717) is 5.75 Å². The minimum Gasteiger partial charge on any atom is -0.497 e. The molecule has 1 radical (unpaired) electrons. The summed E-state index contributed by atoms with van der Waals surface area (Å²) in [5.41, 5.74) is 0. The molecule has 0 spiro atoms. The third-order valence-electron chi connectivity index (χ3n) is 2.43. The van der Waals surface area contributed by atoms with Gasteiger partial charge >= 0.3 is 6.36 Å². The van der Waals surface area contributed by atoms with Gasteiger partial charge in [0.05, 0.1) is 7.11 Å². The molecule has 0 saturated carbocycles. The summed E-state index contributed by atoms with van der Waals surface area (Å²) in [5.74, 6) is -1.48. The number of ether oxygens (including phenoxy) is 3. The maximum Gasteiger partial charge on any atom is 0.573 e. The molecule has 0 N–H and O–H groups in total. The molecule has 0 aromatic heterocycles. The summed E-state index contributed by atoms with van der Waals surface area (Å²) >= 11 is 0. The Morgan fingerprint density at radius 2 is 1.67 bits per heavy atom. The molecule has 0 aliphatic carbocycles. The normalized spacial score (nSPS) is 11.0. The zero-order valence-electron chi connectivity index (χ0n) is 10.8. The molecular weight excluding hydrogens is 289 g/mol. The van der Waals surface area contributed by atoms with E-state index < -0.39 is 17.9 Å². The van der Waals surface area contributed by atoms with E-state index in [2.05, 4.69) is 4.74 Å². The maximum atomic E-state index is 12.3. The second-order valence-corrected chi connectivity index (χ2v) is 3.91. The highest BCUT2D eigenvalue weighted by atomic mass is 19.4. The number of alkyl halides is 3. The van der Waals surface area contributed by atoms with Crippen LogP contribution in [0.2, 0.25) is 0 Å². The molecule has 0 unspecified atom stereocenters. The standard InChI is InChI=1S/C14H10F3O4/c1-19-9-4-2-5-10(8-9)20-12-7-3-6-11(18)13(12)21-14(15,16)17/h2-8H,1H3. The van der Waals surface area contributed by atoms with E-state index in [9.17, 15) is 18.3 Å². The molecule has 0 aliphatic heterocycles. The Hall–Kier alpha value is -2.57. The molecule has 4 nitrogen and oxygen atoms in total. The quantitative estimate of drug-likeness (QED) is 0.833. The van der Waals surface area contributed by atoms with Gasteiger partial charge in [0.25, 0.3) is 0 Å². The van der Waals surface area contributed by atoms with Gasteiger partial charge in [0.1, 0.15) is 11.5 Å². The van der Waals surface area contributed by atoms with Crippen LogP contribution in [-0.4, -0.2) is 13.5 Å². The second-order valence-electron chi connectivity index (χ2n) is 3.91. The average Bonchev–Trinajstić information content (AvgIpc) is 2.42. The first-order valence-corrected chi connectivity index (χ1v) is 5.77. The van der Waals surface area contributed by atoms with E-state index >= 15 is 0 Å². The summed E-state index contributed by atoms with van der Waals surface area (Å²) in [5, 5.41) is 11.5. The Bertz CT molecular complexity index is 626. The van der Waals surface area contributed by atoms with Crippen molar-refractivity contribution in [1.29, 1.82) is 0 Å². The van der Waals surface area contributed by atoms with Crippen molar-refractivity contribution < 1.29 is 32.5 Å². The molecule has 0 fully saturated rings. The van der Waals surface area contributed by atoms with Gasteiger partial charge in [-0.25, -0.2) is 0 Å². The maximum absolute atomic E-state index is 12.3. The number of hydrogen-bond acceptors (Lipinski definition) is 3. The van der Waals surface area contributed by atoms with Gasteiger partial charge in [0.2, 0.25) is 11.5 Å². The number of para-hydroxylation sites is 1. The molecule has 21 heavy (non-hydrogen) atoms. The predicted octanol–water partition coefficient (Wildman–Crippen LogP) is 4.53. The molecule has 2 aromatic rings. The molecule has 0 aliphatic rings. The van der Waals surface area contributed by atoms with E-state index in [4.69, 9.17) is 9.47 Å². The molecule has 2 aromatic carbocycles. The summed E-state index contributed by atoms with van der Waals surface area (Å²) in [7, 11) is 1.44. The van der Waals surface area contributed by atoms with Gasteiger partial charge in [-0.05, 0) is 24.3 Å². The number of rotatable bonds is 4. The SMILES string of the molecule is COc1cccc(Oc2cccc([O])c2OC(F)(F)F)c1. The highest BCUT2D eigenvalue weighted by Crippen LogP contribution is 2.42. The zero-order valence-corrected chi connectivity index (χ0v) is 10.8. The van der Waals surface area contributed by atoms with Crippen LogP contribution in [0.15, 0.2) is 42.5 Å². The van der Waals surface area contributed by atoms with Crippen LogP contribution < -0.4 is 14.2 Å². The van der Waals surface area contributed by atoms with E-state index in [1.54, 1.807) is 12.1 Å². The van der Waals surface area contributed by atoms with E-state index in [0.717, 1.165) is 6.07 Å². The molecule has 2 rings (SSSR count). The minimum absolute atomic E-state index is 0.215. The van der Waals surface area contributed by atoms with Gasteiger partial charge in [0.15, 0.2) is 5.75 Å². The lowest BCUT2D eigenvalue weighted by Crippen LogP contribution is -2.17. The Morgan fingerprint density at radius 3 is 2.33 bits per heavy atom. The van der Waals surface area contributed by atoms with Crippen molar-refractivity contribution in [3.63, 3.8) is 0 Å². The van der Waals surface area contributed by atoms with Crippen LogP contribution in [-0.2, 0) is 5.11 Å². The average molecular weight is 299 g/mol. The number of halogens is 3. The van der Waals surface area contributed by atoms with Crippen LogP contribution in [0.3, 0.4) is 0 Å². The van der Waals surface area contributed by atoms with Gasteiger partial charge in [-0.2, -0.15) is 0 Å². The number of methoxy groups -OCH3 is 1. The fourth-order valence-electron chi connectivity index (χ4n) is 1.58. The largest absolute Gasteiger partial charge is 0.573 e. The van der Waals surface area contributed by atoms with Gasteiger partial charge in [-0.15, -0.1) is 13.2 Å². The van der Waals surface area contributed by atoms with Crippen molar-refractivity contribution in [3.05, 3.63) is 42.5 Å². The third-order valence-corrected chi connectivity index (χ3v) is 2.43. The zero-order chi connectivity index (χ0) is 15.5. The monoisotopic (exact) mass is 299 g/mol. The van der Waals surface area contributed by atoms with Crippen LogP contribution in [0, 0.1) is 0 Å². The molecule has 111 valence electrons. The smallest absolute Gasteiger partial charge is 0.497 e. The lowest BCUT2D eigenvalue weighted by atomic mass is 10.3. The van der Waals surface area contributed by atoms with Crippen molar-refractivity contribution in [3.8, 4) is 28.7 Å². The molecule has 0 heterocycles. The lowest BCUT2D eigenvalue weighted by Gasteiger charge is -2.14. The van der Waals surface area contributed by atoms with Crippen LogP contribution in [0.25, 0.3) is 0 Å². The molecular formula is C14H10F3O4. The highest BCUT2D eigenvalue weighted by molar-refractivity contribution is 5.52. The van der Waals surface area contributed by atoms with Gasteiger partial charge in [0, 0.05) is 6.07 Å². The Balaban J connectivity index is 2.33. The Morgan fingerprint density at radius 1 is 1.00 bits per heavy atom. The van der Waals surface area contributed by atoms with Crippen LogP contribution in [0.4, 0.5) is 13.2 Å². The first-order valence-electron chi connectivity index (χ1n) is 5.77. The summed E-state index contributed by atoms with van der Waals surface area (Å²) in [6.07, 6.45) is -4.98. The van der Waals surface area contributed by atoms with Crippen molar-refractivity contribution in [2.45, 2.75) is 6.36 Å². The minimum atomic E-state index is -4.98.